The molecule has 4 rings (SSSR count). The van der Waals surface area contributed by atoms with E-state index in [0.29, 0.717) is 19.3 Å². The molecule has 0 radical (unpaired) electrons. The van der Waals surface area contributed by atoms with Crippen molar-refractivity contribution < 1.29 is 19.8 Å². The van der Waals surface area contributed by atoms with Crippen molar-refractivity contribution in [2.24, 2.45) is 11.3 Å². The van der Waals surface area contributed by atoms with Crippen LogP contribution in [0.5, 0.6) is 0 Å². The van der Waals surface area contributed by atoms with Crippen molar-refractivity contribution in [1.82, 2.24) is 0 Å². The molecular formula is C21H20O4. The first-order valence-electron chi connectivity index (χ1n) is 8.63. The van der Waals surface area contributed by atoms with Gasteiger partial charge >= 0.3 is 11.9 Å². The highest BCUT2D eigenvalue weighted by Gasteiger charge is 2.66. The average Bonchev–Trinajstić information content (AvgIpc) is 3.38. The number of hydrogen-bond donors (Lipinski definition) is 2. The van der Waals surface area contributed by atoms with Gasteiger partial charge in [0, 0.05) is 11.8 Å². The Morgan fingerprint density at radius 1 is 0.920 bits per heavy atom. The molecule has 1 saturated carbocycles. The molecule has 0 heterocycles. The molecule has 4 heteroatoms. The van der Waals surface area contributed by atoms with Gasteiger partial charge in [0.1, 0.15) is 0 Å². The van der Waals surface area contributed by atoms with E-state index in [2.05, 4.69) is 0 Å². The molecule has 128 valence electrons. The lowest BCUT2D eigenvalue weighted by Crippen LogP contribution is -2.34. The van der Waals surface area contributed by atoms with Gasteiger partial charge in [-0.25, -0.2) is 0 Å². The van der Waals surface area contributed by atoms with E-state index in [0.717, 1.165) is 16.7 Å². The van der Waals surface area contributed by atoms with Gasteiger partial charge in [-0.15, -0.1) is 0 Å². The first-order chi connectivity index (χ1) is 12.0. The van der Waals surface area contributed by atoms with Crippen molar-refractivity contribution in [2.75, 3.05) is 0 Å². The lowest BCUT2D eigenvalue weighted by atomic mass is 9.68. The van der Waals surface area contributed by atoms with Crippen LogP contribution in [0, 0.1) is 11.3 Å². The summed E-state index contributed by atoms with van der Waals surface area (Å²) in [5.41, 5.74) is 2.12. The largest absolute Gasteiger partial charge is 0.481 e. The highest BCUT2D eigenvalue weighted by Crippen LogP contribution is 2.68. The number of rotatable bonds is 4. The minimum atomic E-state index is -0.897. The Bertz CT molecular complexity index is 829. The number of carbonyl (C=O) groups is 2. The van der Waals surface area contributed by atoms with Gasteiger partial charge in [-0.3, -0.25) is 9.59 Å². The predicted octanol–water partition coefficient (Wildman–Crippen LogP) is 3.68. The van der Waals surface area contributed by atoms with Crippen LogP contribution in [0.4, 0.5) is 0 Å². The molecule has 2 aliphatic carbocycles. The molecule has 25 heavy (non-hydrogen) atoms. The Kier molecular flexibility index (Phi) is 3.64. The van der Waals surface area contributed by atoms with Gasteiger partial charge in [0.25, 0.3) is 0 Å². The SMILES string of the molecule is O=C(O)C1Cc2ccccc2C([C@]2(C(=O)O)C[C@H]2c2ccccc2)C1. The highest BCUT2D eigenvalue weighted by atomic mass is 16.4. The van der Waals surface area contributed by atoms with Gasteiger partial charge in [-0.2, -0.15) is 0 Å². The first-order valence-corrected chi connectivity index (χ1v) is 8.63. The molecule has 0 aromatic heterocycles. The number of carboxylic acid groups (broad SMARTS) is 2. The van der Waals surface area contributed by atoms with Crippen molar-refractivity contribution in [3.8, 4) is 0 Å². The topological polar surface area (TPSA) is 74.6 Å². The summed E-state index contributed by atoms with van der Waals surface area (Å²) >= 11 is 0. The number of aliphatic carboxylic acids is 2. The molecular weight excluding hydrogens is 316 g/mol. The van der Waals surface area contributed by atoms with E-state index < -0.39 is 23.3 Å². The summed E-state index contributed by atoms with van der Waals surface area (Å²) in [5, 5.41) is 19.6. The molecule has 0 spiro atoms. The van der Waals surface area contributed by atoms with E-state index in [-0.39, 0.29) is 11.8 Å². The second-order valence-corrected chi connectivity index (χ2v) is 7.24. The molecule has 2 unspecified atom stereocenters. The lowest BCUT2D eigenvalue weighted by Gasteiger charge is -2.34. The minimum Gasteiger partial charge on any atom is -0.481 e. The Morgan fingerprint density at radius 2 is 1.60 bits per heavy atom. The fraction of sp³-hybridized carbons (Fsp3) is 0.333. The third kappa shape index (κ3) is 2.44. The average molecular weight is 336 g/mol. The van der Waals surface area contributed by atoms with Crippen LogP contribution in [-0.2, 0) is 16.0 Å². The predicted molar refractivity (Wildman–Crippen MR) is 92.5 cm³/mol. The van der Waals surface area contributed by atoms with Crippen LogP contribution in [0.2, 0.25) is 0 Å². The van der Waals surface area contributed by atoms with E-state index in [1.807, 2.05) is 54.6 Å². The Labute approximate surface area is 146 Å². The molecule has 1 fully saturated rings. The Hall–Kier alpha value is -2.62. The van der Waals surface area contributed by atoms with Crippen LogP contribution in [-0.4, -0.2) is 22.2 Å². The zero-order valence-corrected chi connectivity index (χ0v) is 13.8. The maximum absolute atomic E-state index is 12.3. The molecule has 4 atom stereocenters. The number of fused-ring (bicyclic) bond motifs is 1. The van der Waals surface area contributed by atoms with E-state index in [4.69, 9.17) is 0 Å². The maximum Gasteiger partial charge on any atom is 0.310 e. The van der Waals surface area contributed by atoms with Gasteiger partial charge in [-0.05, 0) is 36.0 Å². The third-order valence-corrected chi connectivity index (χ3v) is 5.99. The van der Waals surface area contributed by atoms with Crippen LogP contribution in [0.3, 0.4) is 0 Å². The first kappa shape index (κ1) is 15.9. The van der Waals surface area contributed by atoms with Gasteiger partial charge in [-0.1, -0.05) is 54.6 Å². The Morgan fingerprint density at radius 3 is 2.28 bits per heavy atom. The molecule has 2 aliphatic rings. The lowest BCUT2D eigenvalue weighted by molar-refractivity contribution is -0.147. The van der Waals surface area contributed by atoms with Gasteiger partial charge in [0.05, 0.1) is 11.3 Å². The van der Waals surface area contributed by atoms with E-state index in [9.17, 15) is 19.8 Å². The Balaban J connectivity index is 1.78. The molecule has 0 saturated heterocycles. The van der Waals surface area contributed by atoms with Crippen molar-refractivity contribution in [3.05, 3.63) is 71.3 Å². The van der Waals surface area contributed by atoms with Crippen molar-refractivity contribution >= 4 is 11.9 Å². The number of carboxylic acids is 2. The summed E-state index contributed by atoms with van der Waals surface area (Å²) in [7, 11) is 0. The van der Waals surface area contributed by atoms with Crippen LogP contribution in [0.15, 0.2) is 54.6 Å². The fourth-order valence-electron chi connectivity index (χ4n) is 4.65. The number of benzene rings is 2. The third-order valence-electron chi connectivity index (χ3n) is 5.99. The zero-order chi connectivity index (χ0) is 17.6. The number of hydrogen-bond acceptors (Lipinski definition) is 2. The summed E-state index contributed by atoms with van der Waals surface area (Å²) in [6.45, 7) is 0. The van der Waals surface area contributed by atoms with Crippen LogP contribution >= 0.6 is 0 Å². The minimum absolute atomic E-state index is 0.0585. The van der Waals surface area contributed by atoms with Crippen molar-refractivity contribution in [3.63, 3.8) is 0 Å². The van der Waals surface area contributed by atoms with E-state index in [1.54, 1.807) is 0 Å². The molecule has 2 aromatic rings. The van der Waals surface area contributed by atoms with Crippen LogP contribution in [0.1, 0.15) is 41.4 Å². The molecule has 2 aromatic carbocycles. The molecule has 4 nitrogen and oxygen atoms in total. The molecule has 0 bridgehead atoms. The molecule has 2 N–H and O–H groups in total. The van der Waals surface area contributed by atoms with Crippen LogP contribution < -0.4 is 0 Å². The maximum atomic E-state index is 12.3. The normalized spacial score (nSPS) is 30.3. The summed E-state index contributed by atoms with van der Waals surface area (Å²) < 4.78 is 0. The van der Waals surface area contributed by atoms with Crippen LogP contribution in [0.25, 0.3) is 0 Å². The summed E-state index contributed by atoms with van der Waals surface area (Å²) in [5.74, 6) is -2.49. The monoisotopic (exact) mass is 336 g/mol. The molecule has 0 amide bonds. The second-order valence-electron chi connectivity index (χ2n) is 7.24. The zero-order valence-electron chi connectivity index (χ0n) is 13.8. The van der Waals surface area contributed by atoms with E-state index >= 15 is 0 Å². The summed E-state index contributed by atoms with van der Waals surface area (Å²) in [4.78, 5) is 23.9. The van der Waals surface area contributed by atoms with Crippen molar-refractivity contribution in [2.45, 2.75) is 31.1 Å². The van der Waals surface area contributed by atoms with Crippen molar-refractivity contribution in [1.29, 1.82) is 0 Å². The fourth-order valence-corrected chi connectivity index (χ4v) is 4.65. The highest BCUT2D eigenvalue weighted by molar-refractivity contribution is 5.83. The van der Waals surface area contributed by atoms with E-state index in [1.165, 1.54) is 0 Å². The summed E-state index contributed by atoms with van der Waals surface area (Å²) in [6, 6.07) is 17.4. The summed E-state index contributed by atoms with van der Waals surface area (Å²) in [6.07, 6.45) is 1.44. The smallest absolute Gasteiger partial charge is 0.310 e. The molecule has 0 aliphatic heterocycles. The quantitative estimate of drug-likeness (QED) is 0.893. The standard InChI is InChI=1S/C21H20O4/c22-19(23)15-10-14-8-4-5-9-16(14)17(11-15)21(20(24)25)12-18(21)13-6-2-1-3-7-13/h1-9,15,17-18H,10-12H2,(H,22,23)(H,24,25)/t15?,17?,18-,21+/m0/s1. The second kappa shape index (κ2) is 5.73. The van der Waals surface area contributed by atoms with Gasteiger partial charge < -0.3 is 10.2 Å². The van der Waals surface area contributed by atoms with Gasteiger partial charge in [0.2, 0.25) is 0 Å². The van der Waals surface area contributed by atoms with Gasteiger partial charge in [0.15, 0.2) is 0 Å².